The van der Waals surface area contributed by atoms with Gasteiger partial charge in [-0.2, -0.15) is 0 Å². The molecule has 1 atom stereocenters. The first kappa shape index (κ1) is 35.9. The molecule has 0 bridgehead atoms. The highest BCUT2D eigenvalue weighted by atomic mass is 32.1. The van der Waals surface area contributed by atoms with Gasteiger partial charge in [0.25, 0.3) is 0 Å². The van der Waals surface area contributed by atoms with Gasteiger partial charge in [0.2, 0.25) is 0 Å². The van der Waals surface area contributed by atoms with Gasteiger partial charge in [0.1, 0.15) is 0 Å². The molecule has 63 heavy (non-hydrogen) atoms. The largest absolute Gasteiger partial charge is 0.310 e. The van der Waals surface area contributed by atoms with Gasteiger partial charge in [0, 0.05) is 37.2 Å². The highest BCUT2D eigenvalue weighted by molar-refractivity contribution is 7.25. The molecule has 1 aromatic heterocycles. The average Bonchev–Trinajstić information content (AvgIpc) is 3.83. The van der Waals surface area contributed by atoms with Crippen molar-refractivity contribution < 1.29 is 0 Å². The van der Waals surface area contributed by atoms with Crippen molar-refractivity contribution in [3.63, 3.8) is 0 Å². The molecule has 2 aliphatic carbocycles. The summed E-state index contributed by atoms with van der Waals surface area (Å²) in [5, 5.41) is 2.64. The molecule has 0 radical (unpaired) electrons. The van der Waals surface area contributed by atoms with Gasteiger partial charge in [-0.3, -0.25) is 0 Å². The molecule has 1 nitrogen and oxygen atoms in total. The van der Waals surface area contributed by atoms with Crippen LogP contribution in [0.4, 0.5) is 17.1 Å². The van der Waals surface area contributed by atoms with Crippen molar-refractivity contribution in [3.05, 3.63) is 259 Å². The number of fused-ring (bicyclic) bond motifs is 15. The van der Waals surface area contributed by atoms with Crippen LogP contribution in [0.2, 0.25) is 0 Å². The maximum absolute atomic E-state index is 2.54. The van der Waals surface area contributed by atoms with Crippen LogP contribution in [0.1, 0.15) is 22.3 Å². The zero-order valence-corrected chi connectivity index (χ0v) is 35.2. The highest BCUT2D eigenvalue weighted by Gasteiger charge is 2.50. The van der Waals surface area contributed by atoms with Gasteiger partial charge < -0.3 is 4.90 Å². The van der Waals surface area contributed by atoms with E-state index in [0.717, 1.165) is 17.1 Å². The Kier molecular flexibility index (Phi) is 8.06. The fraction of sp³-hybridized carbons (Fsp3) is 0.0164. The monoisotopic (exact) mass is 817 g/mol. The van der Waals surface area contributed by atoms with Crippen LogP contribution in [0, 0.1) is 0 Å². The fourth-order valence-corrected chi connectivity index (χ4v) is 11.9. The topological polar surface area (TPSA) is 3.24 Å². The summed E-state index contributed by atoms with van der Waals surface area (Å²) in [7, 11) is 0. The van der Waals surface area contributed by atoms with Crippen molar-refractivity contribution in [3.8, 4) is 55.6 Å². The zero-order chi connectivity index (χ0) is 41.5. The van der Waals surface area contributed by atoms with Crippen molar-refractivity contribution in [2.75, 3.05) is 4.90 Å². The Hall–Kier alpha value is -7.78. The van der Waals surface area contributed by atoms with Crippen LogP contribution in [-0.4, -0.2) is 0 Å². The molecule has 11 aromatic rings. The maximum Gasteiger partial charge on any atom is 0.0725 e. The lowest BCUT2D eigenvalue weighted by Crippen LogP contribution is -2.29. The smallest absolute Gasteiger partial charge is 0.0725 e. The highest BCUT2D eigenvalue weighted by Crippen LogP contribution is 2.63. The molecular formula is C61H39NS. The number of benzene rings is 10. The van der Waals surface area contributed by atoms with Gasteiger partial charge >= 0.3 is 0 Å². The normalized spacial score (nSPS) is 14.4. The van der Waals surface area contributed by atoms with Crippen molar-refractivity contribution in [1.29, 1.82) is 0 Å². The summed E-state index contributed by atoms with van der Waals surface area (Å²) in [4.78, 5) is 2.41. The van der Waals surface area contributed by atoms with E-state index in [9.17, 15) is 0 Å². The molecule has 0 fully saturated rings. The summed E-state index contributed by atoms with van der Waals surface area (Å²) in [6, 6.07) is 87.9. The number of thiophene rings is 1. The van der Waals surface area contributed by atoms with Crippen LogP contribution < -0.4 is 4.90 Å². The third-order valence-corrected chi connectivity index (χ3v) is 14.6. The van der Waals surface area contributed by atoms with Crippen LogP contribution in [-0.2, 0) is 5.41 Å². The van der Waals surface area contributed by atoms with Crippen molar-refractivity contribution >= 4 is 48.6 Å². The van der Waals surface area contributed by atoms with Gasteiger partial charge in [-0.15, -0.1) is 11.3 Å². The molecule has 2 aliphatic rings. The van der Waals surface area contributed by atoms with Gasteiger partial charge in [-0.1, -0.05) is 182 Å². The molecule has 2 heteroatoms. The van der Waals surface area contributed by atoms with Gasteiger partial charge in [0.15, 0.2) is 0 Å². The van der Waals surface area contributed by atoms with E-state index in [2.05, 4.69) is 241 Å². The first-order valence-corrected chi connectivity index (χ1v) is 22.6. The summed E-state index contributed by atoms with van der Waals surface area (Å²) in [6.45, 7) is 0. The van der Waals surface area contributed by atoms with Crippen molar-refractivity contribution in [2.45, 2.75) is 5.41 Å². The lowest BCUT2D eigenvalue weighted by atomic mass is 9.65. The van der Waals surface area contributed by atoms with Crippen LogP contribution in [0.3, 0.4) is 0 Å². The molecule has 0 aliphatic heterocycles. The van der Waals surface area contributed by atoms with Crippen molar-refractivity contribution in [2.24, 2.45) is 0 Å². The first-order chi connectivity index (χ1) is 31.2. The van der Waals surface area contributed by atoms with E-state index < -0.39 is 5.41 Å². The molecule has 0 saturated heterocycles. The summed E-state index contributed by atoms with van der Waals surface area (Å²) in [5.41, 5.74) is 20.6. The van der Waals surface area contributed by atoms with Gasteiger partial charge in [0.05, 0.1) is 5.41 Å². The molecule has 1 heterocycles. The molecule has 294 valence electrons. The molecule has 0 N–H and O–H groups in total. The lowest BCUT2D eigenvalue weighted by Gasteiger charge is -2.36. The molecule has 10 aromatic carbocycles. The molecule has 1 unspecified atom stereocenters. The summed E-state index contributed by atoms with van der Waals surface area (Å²) in [5.74, 6) is 0. The molecular weight excluding hydrogens is 779 g/mol. The Labute approximate surface area is 371 Å². The minimum Gasteiger partial charge on any atom is -0.310 e. The van der Waals surface area contributed by atoms with Crippen LogP contribution in [0.5, 0.6) is 0 Å². The number of hydrogen-bond acceptors (Lipinski definition) is 2. The third-order valence-electron chi connectivity index (χ3n) is 13.5. The SMILES string of the molecule is c1ccc(-c2ccc(-c3ccc(N(c4ccccc4)c4ccc5c(c4)-c4ccccc4-c4ccccc4C54c5ccccc5-c5cc6sc7ccccc7c6cc54)cc3)cc2)cc1. The number of nitrogens with zero attached hydrogens (tertiary/aromatic N) is 1. The minimum atomic E-state index is -0.568. The Morgan fingerprint density at radius 2 is 0.730 bits per heavy atom. The third kappa shape index (κ3) is 5.42. The number of rotatable bonds is 5. The van der Waals surface area contributed by atoms with Crippen molar-refractivity contribution in [1.82, 2.24) is 0 Å². The Morgan fingerprint density at radius 1 is 0.270 bits per heavy atom. The quantitative estimate of drug-likeness (QED) is 0.167. The van der Waals surface area contributed by atoms with Gasteiger partial charge in [-0.05, 0) is 132 Å². The second-order valence-electron chi connectivity index (χ2n) is 16.8. The standard InChI is InChI=1S/C61H39NS/c1-3-15-40(16-4-1)41-27-29-42(30-28-41)43-31-33-45(34-32-43)62(44-17-5-2-6-18-44)46-35-36-57-52(37-46)48-20-8-7-19-47(48)49-21-9-12-24-55(49)61(57)56-25-13-10-22-50(56)53-39-60-54(38-58(53)61)51-23-11-14-26-59(51)63-60/h1-39H. The van der Waals surface area contributed by atoms with Gasteiger partial charge in [-0.25, -0.2) is 0 Å². The summed E-state index contributed by atoms with van der Waals surface area (Å²) in [6.07, 6.45) is 0. The van der Waals surface area contributed by atoms with E-state index in [-0.39, 0.29) is 0 Å². The van der Waals surface area contributed by atoms with E-state index in [0.29, 0.717) is 0 Å². The van der Waals surface area contributed by atoms with E-state index in [4.69, 9.17) is 0 Å². The van der Waals surface area contributed by atoms with E-state index >= 15 is 0 Å². The molecule has 0 amide bonds. The fourth-order valence-electron chi connectivity index (χ4n) is 10.8. The second kappa shape index (κ2) is 14.1. The molecule has 0 saturated carbocycles. The average molecular weight is 818 g/mol. The first-order valence-electron chi connectivity index (χ1n) is 21.7. The molecule has 1 spiro atoms. The second-order valence-corrected chi connectivity index (χ2v) is 17.9. The number of hydrogen-bond donors (Lipinski definition) is 0. The van der Waals surface area contributed by atoms with Crippen LogP contribution in [0.15, 0.2) is 237 Å². The lowest BCUT2D eigenvalue weighted by molar-refractivity contribution is 0.776. The number of para-hydroxylation sites is 1. The van der Waals surface area contributed by atoms with Crippen LogP contribution in [0.25, 0.3) is 75.8 Å². The predicted octanol–water partition coefficient (Wildman–Crippen LogP) is 16.9. The van der Waals surface area contributed by atoms with E-state index in [1.807, 2.05) is 11.3 Å². The van der Waals surface area contributed by atoms with E-state index in [1.54, 1.807) is 0 Å². The Balaban J connectivity index is 1.03. The summed E-state index contributed by atoms with van der Waals surface area (Å²) >= 11 is 1.90. The Morgan fingerprint density at radius 3 is 1.41 bits per heavy atom. The van der Waals surface area contributed by atoms with E-state index in [1.165, 1.54) is 98.1 Å². The maximum atomic E-state index is 2.54. The molecule has 13 rings (SSSR count). The minimum absolute atomic E-state index is 0.568. The summed E-state index contributed by atoms with van der Waals surface area (Å²) < 4.78 is 2.66. The number of anilines is 3. The Bertz CT molecular complexity index is 3550. The zero-order valence-electron chi connectivity index (χ0n) is 34.4. The van der Waals surface area contributed by atoms with Crippen LogP contribution >= 0.6 is 11.3 Å². The predicted molar refractivity (Wildman–Crippen MR) is 267 cm³/mol.